The number of aryl methyl sites for hydroxylation is 2. The fourth-order valence-corrected chi connectivity index (χ4v) is 3.67. The minimum Gasteiger partial charge on any atom is -0.311 e. The molecule has 1 N–H and O–H groups in total. The summed E-state index contributed by atoms with van der Waals surface area (Å²) in [5.41, 5.74) is 3.74. The zero-order valence-corrected chi connectivity index (χ0v) is 14.8. The highest BCUT2D eigenvalue weighted by molar-refractivity contribution is 5.94. The highest BCUT2D eigenvalue weighted by Crippen LogP contribution is 2.38. The maximum absolute atomic E-state index is 12.3. The molecule has 130 valence electrons. The van der Waals surface area contributed by atoms with E-state index in [9.17, 15) is 9.59 Å². The van der Waals surface area contributed by atoms with Crippen LogP contribution in [0.5, 0.6) is 0 Å². The summed E-state index contributed by atoms with van der Waals surface area (Å²) >= 11 is 0. The summed E-state index contributed by atoms with van der Waals surface area (Å²) in [4.78, 5) is 24.4. The number of imidazole rings is 1. The van der Waals surface area contributed by atoms with Crippen molar-refractivity contribution in [3.05, 3.63) is 46.0 Å². The Labute approximate surface area is 144 Å². The molecule has 0 spiro atoms. The predicted molar refractivity (Wildman–Crippen MR) is 95.9 cm³/mol. The number of fused-ring (bicyclic) bond motifs is 2. The molecule has 1 unspecified atom stereocenters. The summed E-state index contributed by atoms with van der Waals surface area (Å²) < 4.78 is 5.12. The molecule has 0 bridgehead atoms. The molecule has 0 radical (unpaired) electrons. The Bertz CT molecular complexity index is 1050. The van der Waals surface area contributed by atoms with Gasteiger partial charge in [-0.15, -0.1) is 0 Å². The van der Waals surface area contributed by atoms with Crippen molar-refractivity contribution in [1.29, 1.82) is 0 Å². The van der Waals surface area contributed by atoms with Gasteiger partial charge in [-0.3, -0.25) is 13.9 Å². The summed E-state index contributed by atoms with van der Waals surface area (Å²) in [5.74, 6) is 0.705. The topological polar surface area (TPSA) is 73.8 Å². The first-order valence-corrected chi connectivity index (χ1v) is 8.41. The van der Waals surface area contributed by atoms with E-state index in [1.165, 1.54) is 0 Å². The molecule has 7 nitrogen and oxygen atoms in total. The van der Waals surface area contributed by atoms with E-state index < -0.39 is 0 Å². The van der Waals surface area contributed by atoms with Gasteiger partial charge in [0.15, 0.2) is 0 Å². The number of carbonyl (C=O) groups is 1. The van der Waals surface area contributed by atoms with Gasteiger partial charge in [0, 0.05) is 38.0 Å². The molecular formula is C18H21N5O2. The lowest BCUT2D eigenvalue weighted by molar-refractivity contribution is -0.116. The normalized spacial score (nSPS) is 17.2. The van der Waals surface area contributed by atoms with Crippen LogP contribution in [0.2, 0.25) is 0 Å². The van der Waals surface area contributed by atoms with Gasteiger partial charge < -0.3 is 5.32 Å². The van der Waals surface area contributed by atoms with Crippen LogP contribution in [0.15, 0.2) is 29.2 Å². The Morgan fingerprint density at radius 2 is 1.88 bits per heavy atom. The number of aromatic nitrogens is 4. The summed E-state index contributed by atoms with van der Waals surface area (Å²) in [5, 5.41) is 7.40. The summed E-state index contributed by atoms with van der Waals surface area (Å²) in [6, 6.07) is 6.13. The van der Waals surface area contributed by atoms with Gasteiger partial charge in [-0.2, -0.15) is 5.10 Å². The van der Waals surface area contributed by atoms with Crippen molar-refractivity contribution in [2.75, 3.05) is 5.32 Å². The first-order chi connectivity index (χ1) is 11.9. The number of nitrogens with zero attached hydrogens (tertiary/aromatic N) is 4. The number of nitrogens with one attached hydrogen (secondary N) is 1. The summed E-state index contributed by atoms with van der Waals surface area (Å²) in [6.07, 6.45) is 2.22. The lowest BCUT2D eigenvalue weighted by Gasteiger charge is -2.24. The van der Waals surface area contributed by atoms with Crippen molar-refractivity contribution < 1.29 is 4.79 Å². The maximum atomic E-state index is 12.3. The number of rotatable bonds is 2. The fourth-order valence-electron chi connectivity index (χ4n) is 3.67. The molecule has 0 saturated heterocycles. The van der Waals surface area contributed by atoms with E-state index in [0.717, 1.165) is 28.0 Å². The number of hydrogen-bond acceptors (Lipinski definition) is 3. The van der Waals surface area contributed by atoms with Gasteiger partial charge >= 0.3 is 5.69 Å². The summed E-state index contributed by atoms with van der Waals surface area (Å²) in [7, 11) is 3.54. The van der Waals surface area contributed by atoms with Crippen molar-refractivity contribution in [2.45, 2.75) is 32.2 Å². The molecule has 1 aliphatic heterocycles. The standard InChI is InChI=1S/C18H21N5O2/c1-10(2)23-17-13(9-19-23)12(8-16(24)20-17)11-5-6-14-15(7-11)22(4)18(25)21(14)3/h5-7,9-10,12H,8H2,1-4H3,(H,20,24). The molecule has 25 heavy (non-hydrogen) atoms. The van der Waals surface area contributed by atoms with E-state index in [1.54, 1.807) is 23.2 Å². The van der Waals surface area contributed by atoms with Crippen molar-refractivity contribution >= 4 is 22.8 Å². The molecule has 3 aromatic rings. The lowest BCUT2D eigenvalue weighted by Crippen LogP contribution is -2.25. The van der Waals surface area contributed by atoms with E-state index >= 15 is 0 Å². The third kappa shape index (κ3) is 2.22. The quantitative estimate of drug-likeness (QED) is 0.777. The second kappa shape index (κ2) is 5.34. The first-order valence-electron chi connectivity index (χ1n) is 8.41. The van der Waals surface area contributed by atoms with Crippen LogP contribution in [-0.2, 0) is 18.9 Å². The zero-order valence-electron chi connectivity index (χ0n) is 14.8. The number of benzene rings is 1. The third-order valence-electron chi connectivity index (χ3n) is 5.03. The van der Waals surface area contributed by atoms with Gasteiger partial charge in [-0.05, 0) is 31.5 Å². The minimum absolute atomic E-state index is 0.0121. The molecule has 2 aromatic heterocycles. The Balaban J connectivity index is 1.88. The minimum atomic E-state index is -0.0593. The van der Waals surface area contributed by atoms with Crippen LogP contribution in [0.3, 0.4) is 0 Å². The summed E-state index contributed by atoms with van der Waals surface area (Å²) in [6.45, 7) is 4.07. The van der Waals surface area contributed by atoms with Crippen LogP contribution in [-0.4, -0.2) is 24.8 Å². The van der Waals surface area contributed by atoms with E-state index in [0.29, 0.717) is 6.42 Å². The molecule has 1 amide bonds. The predicted octanol–water partition coefficient (Wildman–Crippen LogP) is 2.13. The van der Waals surface area contributed by atoms with Crippen LogP contribution in [0.4, 0.5) is 5.82 Å². The van der Waals surface area contributed by atoms with Crippen molar-refractivity contribution in [3.8, 4) is 0 Å². The third-order valence-corrected chi connectivity index (χ3v) is 5.03. The van der Waals surface area contributed by atoms with Gasteiger partial charge in [-0.1, -0.05) is 6.07 Å². The monoisotopic (exact) mass is 339 g/mol. The molecule has 1 aliphatic rings. The molecule has 0 fully saturated rings. The lowest BCUT2D eigenvalue weighted by atomic mass is 9.87. The number of amides is 1. The van der Waals surface area contributed by atoms with Gasteiger partial charge in [0.2, 0.25) is 5.91 Å². The fraction of sp³-hybridized carbons (Fsp3) is 0.389. The molecule has 0 saturated carbocycles. The first kappa shape index (κ1) is 15.7. The van der Waals surface area contributed by atoms with E-state index in [2.05, 4.69) is 10.4 Å². The number of hydrogen-bond donors (Lipinski definition) is 1. The molecule has 1 atom stereocenters. The molecule has 1 aromatic carbocycles. The molecule has 3 heterocycles. The average Bonchev–Trinajstić information content (AvgIpc) is 3.10. The Morgan fingerprint density at radius 3 is 2.60 bits per heavy atom. The van der Waals surface area contributed by atoms with Crippen molar-refractivity contribution in [2.24, 2.45) is 14.1 Å². The van der Waals surface area contributed by atoms with Crippen LogP contribution in [0.25, 0.3) is 11.0 Å². The Kier molecular flexibility index (Phi) is 3.35. The largest absolute Gasteiger partial charge is 0.328 e. The number of carbonyl (C=O) groups excluding carboxylic acids is 1. The van der Waals surface area contributed by atoms with Crippen molar-refractivity contribution in [3.63, 3.8) is 0 Å². The van der Waals surface area contributed by atoms with Gasteiger partial charge in [0.1, 0.15) is 5.82 Å². The van der Waals surface area contributed by atoms with Crippen molar-refractivity contribution in [1.82, 2.24) is 18.9 Å². The highest BCUT2D eigenvalue weighted by Gasteiger charge is 2.30. The van der Waals surface area contributed by atoms with E-state index in [4.69, 9.17) is 0 Å². The zero-order chi connectivity index (χ0) is 17.9. The SMILES string of the molecule is CC(C)n1ncc2c1NC(=O)CC2c1ccc2c(c1)n(C)c(=O)n2C. The Morgan fingerprint density at radius 1 is 1.16 bits per heavy atom. The van der Waals surface area contributed by atoms with Gasteiger partial charge in [0.05, 0.1) is 17.2 Å². The molecule has 7 heteroatoms. The smallest absolute Gasteiger partial charge is 0.311 e. The molecule has 4 rings (SSSR count). The van der Waals surface area contributed by atoms with Crippen LogP contribution in [0.1, 0.15) is 43.4 Å². The maximum Gasteiger partial charge on any atom is 0.328 e. The number of anilines is 1. The van der Waals surface area contributed by atoms with Crippen LogP contribution in [0, 0.1) is 0 Å². The molecule has 0 aliphatic carbocycles. The van der Waals surface area contributed by atoms with Gasteiger partial charge in [0.25, 0.3) is 0 Å². The highest BCUT2D eigenvalue weighted by atomic mass is 16.2. The van der Waals surface area contributed by atoms with E-state index in [1.807, 2.05) is 42.9 Å². The second-order valence-corrected chi connectivity index (χ2v) is 6.94. The average molecular weight is 339 g/mol. The Hall–Kier alpha value is -2.83. The van der Waals surface area contributed by atoms with E-state index in [-0.39, 0.29) is 23.6 Å². The van der Waals surface area contributed by atoms with Gasteiger partial charge in [-0.25, -0.2) is 9.48 Å². The van der Waals surface area contributed by atoms with Crippen LogP contribution < -0.4 is 11.0 Å². The second-order valence-electron chi connectivity index (χ2n) is 6.94. The molecular weight excluding hydrogens is 318 g/mol. The van der Waals surface area contributed by atoms with Crippen LogP contribution >= 0.6 is 0 Å².